The standard InChI is InChI=1S/C19H23NO4/c1-11(2)23-14-5-6-15-13(9-14)10-16(24-12(3)4)19(15)20-17(21)7-8-18(20)22/h5-9,11-12,16,19H,10H2,1-4H3/t16-,19-/m0/s1. The minimum atomic E-state index is -0.384. The average Bonchev–Trinajstić information content (AvgIpc) is 2.97. The molecule has 0 saturated carbocycles. The van der Waals surface area contributed by atoms with E-state index in [-0.39, 0.29) is 36.2 Å². The normalized spacial score (nSPS) is 22.8. The number of benzene rings is 1. The van der Waals surface area contributed by atoms with E-state index in [1.807, 2.05) is 45.9 Å². The molecule has 0 bridgehead atoms. The smallest absolute Gasteiger partial charge is 0.254 e. The molecule has 0 fully saturated rings. The van der Waals surface area contributed by atoms with Crippen LogP contribution in [0.2, 0.25) is 0 Å². The highest BCUT2D eigenvalue weighted by Gasteiger charge is 2.43. The Morgan fingerprint density at radius 3 is 2.29 bits per heavy atom. The number of hydrogen-bond donors (Lipinski definition) is 0. The van der Waals surface area contributed by atoms with Crippen LogP contribution in [0.3, 0.4) is 0 Å². The summed E-state index contributed by atoms with van der Waals surface area (Å²) in [6.45, 7) is 7.88. The zero-order chi connectivity index (χ0) is 17.4. The molecule has 5 nitrogen and oxygen atoms in total. The Morgan fingerprint density at radius 2 is 1.71 bits per heavy atom. The van der Waals surface area contributed by atoms with Crippen LogP contribution in [0.4, 0.5) is 0 Å². The molecule has 128 valence electrons. The number of nitrogens with zero attached hydrogens (tertiary/aromatic N) is 1. The van der Waals surface area contributed by atoms with Gasteiger partial charge < -0.3 is 9.47 Å². The van der Waals surface area contributed by atoms with Crippen LogP contribution in [-0.2, 0) is 20.7 Å². The van der Waals surface area contributed by atoms with Crippen LogP contribution in [0.5, 0.6) is 5.75 Å². The second-order valence-corrected chi connectivity index (χ2v) is 6.78. The van der Waals surface area contributed by atoms with E-state index in [0.717, 1.165) is 16.9 Å². The number of hydrogen-bond acceptors (Lipinski definition) is 4. The summed E-state index contributed by atoms with van der Waals surface area (Å²) in [5, 5.41) is 0. The molecule has 2 amide bonds. The molecule has 3 rings (SSSR count). The number of rotatable bonds is 5. The third-order valence-electron chi connectivity index (χ3n) is 4.15. The van der Waals surface area contributed by atoms with Gasteiger partial charge in [0.25, 0.3) is 11.8 Å². The van der Waals surface area contributed by atoms with E-state index >= 15 is 0 Å². The first kappa shape index (κ1) is 16.7. The van der Waals surface area contributed by atoms with Gasteiger partial charge in [0.2, 0.25) is 0 Å². The SMILES string of the molecule is CC(C)Oc1ccc2c(c1)C[C@H](OC(C)C)[C@H]2N1C(=O)C=CC1=O. The van der Waals surface area contributed by atoms with Crippen molar-refractivity contribution in [1.29, 1.82) is 0 Å². The third kappa shape index (κ3) is 3.08. The minimum Gasteiger partial charge on any atom is -0.491 e. The van der Waals surface area contributed by atoms with Crippen molar-refractivity contribution in [1.82, 2.24) is 4.90 Å². The lowest BCUT2D eigenvalue weighted by atomic mass is 10.1. The second kappa shape index (κ2) is 6.40. The van der Waals surface area contributed by atoms with E-state index < -0.39 is 0 Å². The molecule has 0 unspecified atom stereocenters. The van der Waals surface area contributed by atoms with Gasteiger partial charge in [0.05, 0.1) is 24.4 Å². The van der Waals surface area contributed by atoms with Crippen LogP contribution in [0.15, 0.2) is 30.4 Å². The number of carbonyl (C=O) groups excluding carboxylic acids is 2. The van der Waals surface area contributed by atoms with Gasteiger partial charge in [-0.05, 0) is 51.0 Å². The van der Waals surface area contributed by atoms with E-state index in [0.29, 0.717) is 6.42 Å². The lowest BCUT2D eigenvalue weighted by molar-refractivity contribution is -0.144. The molecule has 1 aromatic carbocycles. The summed E-state index contributed by atoms with van der Waals surface area (Å²) >= 11 is 0. The highest BCUT2D eigenvalue weighted by molar-refractivity contribution is 6.13. The molecule has 1 heterocycles. The van der Waals surface area contributed by atoms with Crippen LogP contribution >= 0.6 is 0 Å². The van der Waals surface area contributed by atoms with E-state index in [9.17, 15) is 9.59 Å². The first-order chi connectivity index (χ1) is 11.4. The molecule has 0 saturated heterocycles. The fourth-order valence-electron chi connectivity index (χ4n) is 3.38. The first-order valence-electron chi connectivity index (χ1n) is 8.37. The minimum absolute atomic E-state index is 0.0129. The van der Waals surface area contributed by atoms with Crippen molar-refractivity contribution >= 4 is 11.8 Å². The Labute approximate surface area is 142 Å². The van der Waals surface area contributed by atoms with Gasteiger partial charge in [0.15, 0.2) is 0 Å². The number of amides is 2. The Bertz CT molecular complexity index is 675. The van der Waals surface area contributed by atoms with Crippen molar-refractivity contribution in [2.45, 2.75) is 58.5 Å². The maximum absolute atomic E-state index is 12.2. The second-order valence-electron chi connectivity index (χ2n) is 6.78. The largest absolute Gasteiger partial charge is 0.491 e. The molecular weight excluding hydrogens is 306 g/mol. The molecule has 1 aliphatic carbocycles. The van der Waals surface area contributed by atoms with Gasteiger partial charge in [0, 0.05) is 18.6 Å². The highest BCUT2D eigenvalue weighted by Crippen LogP contribution is 2.41. The van der Waals surface area contributed by atoms with Crippen molar-refractivity contribution in [3.8, 4) is 5.75 Å². The molecule has 0 radical (unpaired) electrons. The highest BCUT2D eigenvalue weighted by atomic mass is 16.5. The van der Waals surface area contributed by atoms with E-state index in [4.69, 9.17) is 9.47 Å². The summed E-state index contributed by atoms with van der Waals surface area (Å²) in [7, 11) is 0. The number of imide groups is 1. The van der Waals surface area contributed by atoms with Crippen molar-refractivity contribution < 1.29 is 19.1 Å². The maximum atomic E-state index is 12.2. The monoisotopic (exact) mass is 329 g/mol. The molecule has 0 spiro atoms. The quantitative estimate of drug-likeness (QED) is 0.780. The molecule has 24 heavy (non-hydrogen) atoms. The molecule has 5 heteroatoms. The van der Waals surface area contributed by atoms with Crippen LogP contribution in [0.1, 0.15) is 44.9 Å². The van der Waals surface area contributed by atoms with E-state index in [1.54, 1.807) is 0 Å². The topological polar surface area (TPSA) is 55.8 Å². The first-order valence-corrected chi connectivity index (χ1v) is 8.37. The average molecular weight is 329 g/mol. The van der Waals surface area contributed by atoms with Gasteiger partial charge in [-0.2, -0.15) is 0 Å². The summed E-state index contributed by atoms with van der Waals surface area (Å²) in [6.07, 6.45) is 3.17. The lowest BCUT2D eigenvalue weighted by Crippen LogP contribution is -2.40. The van der Waals surface area contributed by atoms with Gasteiger partial charge in [-0.3, -0.25) is 14.5 Å². The number of fused-ring (bicyclic) bond motifs is 1. The van der Waals surface area contributed by atoms with Gasteiger partial charge in [-0.15, -0.1) is 0 Å². The van der Waals surface area contributed by atoms with Crippen molar-refractivity contribution in [3.05, 3.63) is 41.5 Å². The Balaban J connectivity index is 1.96. The fourth-order valence-corrected chi connectivity index (χ4v) is 3.38. The van der Waals surface area contributed by atoms with Crippen molar-refractivity contribution in [3.63, 3.8) is 0 Å². The Hall–Kier alpha value is -2.14. The lowest BCUT2D eigenvalue weighted by Gasteiger charge is -2.29. The molecule has 2 aliphatic rings. The summed E-state index contributed by atoms with van der Waals surface area (Å²) in [5.41, 5.74) is 2.03. The van der Waals surface area contributed by atoms with Crippen LogP contribution in [-0.4, -0.2) is 35.0 Å². The zero-order valence-electron chi connectivity index (χ0n) is 14.5. The van der Waals surface area contributed by atoms with Crippen LogP contribution in [0.25, 0.3) is 0 Å². The van der Waals surface area contributed by atoms with Gasteiger partial charge >= 0.3 is 0 Å². The van der Waals surface area contributed by atoms with Crippen molar-refractivity contribution in [2.24, 2.45) is 0 Å². The Kier molecular flexibility index (Phi) is 4.45. The van der Waals surface area contributed by atoms with E-state index in [2.05, 4.69) is 0 Å². The Morgan fingerprint density at radius 1 is 1.04 bits per heavy atom. The summed E-state index contributed by atoms with van der Waals surface area (Å²) in [5.74, 6) is 0.236. The summed E-state index contributed by atoms with van der Waals surface area (Å²) in [4.78, 5) is 25.6. The van der Waals surface area contributed by atoms with E-state index in [1.165, 1.54) is 17.1 Å². The predicted octanol–water partition coefficient (Wildman–Crippen LogP) is 2.79. The third-order valence-corrected chi connectivity index (χ3v) is 4.15. The molecule has 2 atom stereocenters. The molecule has 0 aromatic heterocycles. The number of carbonyl (C=O) groups is 2. The molecular formula is C19H23NO4. The van der Waals surface area contributed by atoms with Crippen LogP contribution < -0.4 is 4.74 Å². The summed E-state index contributed by atoms with van der Waals surface area (Å²) < 4.78 is 11.8. The van der Waals surface area contributed by atoms with Gasteiger partial charge in [-0.25, -0.2) is 0 Å². The zero-order valence-corrected chi connectivity index (χ0v) is 14.5. The molecule has 1 aliphatic heterocycles. The van der Waals surface area contributed by atoms with Gasteiger partial charge in [-0.1, -0.05) is 6.07 Å². The fraction of sp³-hybridized carbons (Fsp3) is 0.474. The predicted molar refractivity (Wildman–Crippen MR) is 89.7 cm³/mol. The van der Waals surface area contributed by atoms with Crippen LogP contribution in [0, 0.1) is 0 Å². The molecule has 0 N–H and O–H groups in total. The van der Waals surface area contributed by atoms with Gasteiger partial charge in [0.1, 0.15) is 5.75 Å². The van der Waals surface area contributed by atoms with Crippen molar-refractivity contribution in [2.75, 3.05) is 0 Å². The maximum Gasteiger partial charge on any atom is 0.254 e. The number of ether oxygens (including phenoxy) is 2. The molecule has 1 aromatic rings. The summed E-state index contributed by atoms with van der Waals surface area (Å²) in [6, 6.07) is 5.44.